The summed E-state index contributed by atoms with van der Waals surface area (Å²) < 4.78 is 0. The number of ketones is 1. The van der Waals surface area contributed by atoms with Crippen molar-refractivity contribution < 1.29 is 10.1 Å². The van der Waals surface area contributed by atoms with Gasteiger partial charge < -0.3 is 5.32 Å². The molecule has 1 heterocycles. The van der Waals surface area contributed by atoms with Crippen LogP contribution in [-0.4, -0.2) is 5.78 Å². The lowest BCUT2D eigenvalue weighted by atomic mass is 9.82. The molecule has 22 heavy (non-hydrogen) atoms. The van der Waals surface area contributed by atoms with Crippen molar-refractivity contribution in [2.75, 3.05) is 0 Å². The number of benzene rings is 2. The first-order chi connectivity index (χ1) is 10.5. The van der Waals surface area contributed by atoms with E-state index in [0.717, 1.165) is 0 Å². The van der Waals surface area contributed by atoms with Crippen molar-refractivity contribution in [2.45, 2.75) is 39.3 Å². The van der Waals surface area contributed by atoms with Crippen LogP contribution in [0.3, 0.4) is 0 Å². The Bertz CT molecular complexity index is 657. The summed E-state index contributed by atoms with van der Waals surface area (Å²) in [5.74, 6) is 0.447. The van der Waals surface area contributed by atoms with Gasteiger partial charge in [-0.15, -0.1) is 0 Å². The first kappa shape index (κ1) is 15.0. The van der Waals surface area contributed by atoms with E-state index in [9.17, 15) is 4.79 Å². The predicted molar refractivity (Wildman–Crippen MR) is 88.6 cm³/mol. The Kier molecular flexibility index (Phi) is 4.12. The standard InChI is InChI=1S/C20H23NO/c1-13-4-8-16(9-5-13)18-12-19(22)15(3)20(21-18)17-10-6-14(2)7-11-17/h4-11,15,18,20-21H,12H2,1-3H3/p+1/t15-,18-,20-/m1/s1. The van der Waals surface area contributed by atoms with Gasteiger partial charge in [0.05, 0.1) is 12.3 Å². The number of aryl methyl sites for hydroxylation is 2. The second kappa shape index (κ2) is 6.05. The third-order valence-electron chi connectivity index (χ3n) is 4.88. The Labute approximate surface area is 132 Å². The number of carbonyl (C=O) groups is 1. The molecule has 2 nitrogen and oxygen atoms in total. The number of piperidine rings is 1. The van der Waals surface area contributed by atoms with E-state index in [-0.39, 0.29) is 18.0 Å². The van der Waals surface area contributed by atoms with E-state index in [2.05, 4.69) is 74.6 Å². The second-order valence-corrected chi connectivity index (χ2v) is 6.61. The van der Waals surface area contributed by atoms with Gasteiger partial charge >= 0.3 is 0 Å². The fourth-order valence-electron chi connectivity index (χ4n) is 3.32. The van der Waals surface area contributed by atoms with Gasteiger partial charge in [-0.2, -0.15) is 0 Å². The molecule has 2 aromatic rings. The molecule has 0 spiro atoms. The maximum Gasteiger partial charge on any atom is 0.148 e. The van der Waals surface area contributed by atoms with Crippen LogP contribution < -0.4 is 5.32 Å². The van der Waals surface area contributed by atoms with Crippen molar-refractivity contribution in [1.82, 2.24) is 0 Å². The molecular weight excluding hydrogens is 270 g/mol. The summed E-state index contributed by atoms with van der Waals surface area (Å²) in [5.41, 5.74) is 5.02. The highest BCUT2D eigenvalue weighted by atomic mass is 16.1. The average Bonchev–Trinajstić information content (AvgIpc) is 2.52. The van der Waals surface area contributed by atoms with Crippen LogP contribution in [-0.2, 0) is 4.79 Å². The number of hydrogen-bond acceptors (Lipinski definition) is 1. The van der Waals surface area contributed by atoms with E-state index in [1.165, 1.54) is 22.3 Å². The molecule has 0 saturated carbocycles. The van der Waals surface area contributed by atoms with Crippen LogP contribution in [0.25, 0.3) is 0 Å². The van der Waals surface area contributed by atoms with Gasteiger partial charge in [0.25, 0.3) is 0 Å². The summed E-state index contributed by atoms with van der Waals surface area (Å²) >= 11 is 0. The number of Topliss-reactive ketones (excluding diaryl/α,β-unsaturated/α-hetero) is 1. The van der Waals surface area contributed by atoms with Gasteiger partial charge in [0, 0.05) is 11.1 Å². The number of rotatable bonds is 2. The predicted octanol–water partition coefficient (Wildman–Crippen LogP) is 3.26. The van der Waals surface area contributed by atoms with Crippen LogP contribution in [0.5, 0.6) is 0 Å². The van der Waals surface area contributed by atoms with Gasteiger partial charge in [0.1, 0.15) is 17.9 Å². The van der Waals surface area contributed by atoms with Gasteiger partial charge in [0.15, 0.2) is 0 Å². The molecule has 0 aromatic heterocycles. The SMILES string of the molecule is Cc1ccc([C@H]2CC(=O)[C@@H](C)[C@H](c3ccc(C)cc3)[NH2+]2)cc1. The van der Waals surface area contributed by atoms with E-state index in [0.29, 0.717) is 12.2 Å². The summed E-state index contributed by atoms with van der Waals surface area (Å²) in [5, 5.41) is 2.38. The molecule has 0 aliphatic carbocycles. The van der Waals surface area contributed by atoms with E-state index < -0.39 is 0 Å². The number of hydrogen-bond donors (Lipinski definition) is 1. The lowest BCUT2D eigenvalue weighted by Crippen LogP contribution is -2.90. The van der Waals surface area contributed by atoms with Gasteiger partial charge in [-0.05, 0) is 20.8 Å². The van der Waals surface area contributed by atoms with Gasteiger partial charge in [0.2, 0.25) is 0 Å². The van der Waals surface area contributed by atoms with Crippen LogP contribution in [0, 0.1) is 19.8 Å². The summed E-state index contributed by atoms with van der Waals surface area (Å²) in [6.07, 6.45) is 0.632. The minimum absolute atomic E-state index is 0.0735. The molecule has 0 unspecified atom stereocenters. The van der Waals surface area contributed by atoms with Crippen molar-refractivity contribution in [3.8, 4) is 0 Å². The van der Waals surface area contributed by atoms with Crippen molar-refractivity contribution in [3.05, 3.63) is 70.8 Å². The molecule has 2 heteroatoms. The Morgan fingerprint density at radius 1 is 0.864 bits per heavy atom. The molecule has 1 saturated heterocycles. The van der Waals surface area contributed by atoms with Crippen LogP contribution in [0.1, 0.15) is 47.7 Å². The minimum Gasteiger partial charge on any atom is -0.333 e. The Morgan fingerprint density at radius 3 is 1.91 bits per heavy atom. The zero-order valence-electron chi connectivity index (χ0n) is 13.5. The highest BCUT2D eigenvalue weighted by molar-refractivity contribution is 5.82. The molecule has 0 radical (unpaired) electrons. The average molecular weight is 294 g/mol. The number of carbonyl (C=O) groups excluding carboxylic acids is 1. The zero-order chi connectivity index (χ0) is 15.7. The lowest BCUT2D eigenvalue weighted by molar-refractivity contribution is -0.742. The summed E-state index contributed by atoms with van der Waals surface area (Å²) in [6.45, 7) is 6.25. The van der Waals surface area contributed by atoms with Gasteiger partial charge in [-0.1, -0.05) is 59.7 Å². The van der Waals surface area contributed by atoms with E-state index in [1.54, 1.807) is 0 Å². The zero-order valence-corrected chi connectivity index (χ0v) is 13.5. The highest BCUT2D eigenvalue weighted by Gasteiger charge is 2.38. The molecule has 1 aliphatic heterocycles. The summed E-state index contributed by atoms with van der Waals surface area (Å²) in [6, 6.07) is 17.6. The summed E-state index contributed by atoms with van der Waals surface area (Å²) in [7, 11) is 0. The first-order valence-electron chi connectivity index (χ1n) is 8.05. The molecule has 2 aromatic carbocycles. The Morgan fingerprint density at radius 2 is 1.36 bits per heavy atom. The first-order valence-corrected chi connectivity index (χ1v) is 8.05. The van der Waals surface area contributed by atoms with Crippen LogP contribution in [0.15, 0.2) is 48.5 Å². The van der Waals surface area contributed by atoms with E-state index in [4.69, 9.17) is 0 Å². The van der Waals surface area contributed by atoms with Crippen LogP contribution in [0.4, 0.5) is 0 Å². The lowest BCUT2D eigenvalue weighted by Gasteiger charge is -2.32. The van der Waals surface area contributed by atoms with Crippen molar-refractivity contribution in [2.24, 2.45) is 5.92 Å². The van der Waals surface area contributed by atoms with Gasteiger partial charge in [-0.3, -0.25) is 4.79 Å². The topological polar surface area (TPSA) is 33.7 Å². The largest absolute Gasteiger partial charge is 0.333 e. The van der Waals surface area contributed by atoms with Crippen LogP contribution >= 0.6 is 0 Å². The van der Waals surface area contributed by atoms with Crippen molar-refractivity contribution in [1.29, 1.82) is 0 Å². The molecule has 114 valence electrons. The number of nitrogens with two attached hydrogens (primary N) is 1. The smallest absolute Gasteiger partial charge is 0.148 e. The van der Waals surface area contributed by atoms with Crippen molar-refractivity contribution in [3.63, 3.8) is 0 Å². The van der Waals surface area contributed by atoms with Crippen LogP contribution in [0.2, 0.25) is 0 Å². The fourth-order valence-corrected chi connectivity index (χ4v) is 3.32. The van der Waals surface area contributed by atoms with Gasteiger partial charge in [-0.25, -0.2) is 0 Å². The molecule has 1 fully saturated rings. The molecule has 3 atom stereocenters. The third kappa shape index (κ3) is 2.97. The molecule has 3 rings (SSSR count). The molecule has 2 N–H and O–H groups in total. The minimum atomic E-state index is 0.0735. The van der Waals surface area contributed by atoms with E-state index in [1.807, 2.05) is 0 Å². The summed E-state index contributed by atoms with van der Waals surface area (Å²) in [4.78, 5) is 12.5. The maximum atomic E-state index is 12.5. The Hall–Kier alpha value is -1.93. The number of quaternary nitrogens is 1. The molecular formula is C20H24NO+. The fraction of sp³-hybridized carbons (Fsp3) is 0.350. The van der Waals surface area contributed by atoms with Crippen molar-refractivity contribution >= 4 is 5.78 Å². The quantitative estimate of drug-likeness (QED) is 0.906. The maximum absolute atomic E-state index is 12.5. The third-order valence-corrected chi connectivity index (χ3v) is 4.88. The molecule has 0 bridgehead atoms. The van der Waals surface area contributed by atoms with E-state index >= 15 is 0 Å². The second-order valence-electron chi connectivity index (χ2n) is 6.61. The normalized spacial score (nSPS) is 25.2. The highest BCUT2D eigenvalue weighted by Crippen LogP contribution is 2.29. The molecule has 0 amide bonds. The Balaban J connectivity index is 1.88. The molecule has 1 aliphatic rings. The monoisotopic (exact) mass is 294 g/mol.